The number of thiazole rings is 1. The minimum Gasteiger partial charge on any atom is -0.392 e. The van der Waals surface area contributed by atoms with Gasteiger partial charge in [0.05, 0.1) is 22.4 Å². The van der Waals surface area contributed by atoms with E-state index in [-0.39, 0.29) is 12.1 Å². The molecule has 0 bridgehead atoms. The molecule has 5 N–H and O–H groups in total. The van der Waals surface area contributed by atoms with Crippen LogP contribution in [0.1, 0.15) is 33.3 Å². The third-order valence-corrected chi connectivity index (χ3v) is 5.47. The molecule has 0 aliphatic heterocycles. The average Bonchev–Trinajstić information content (AvgIpc) is 3.24. The van der Waals surface area contributed by atoms with Gasteiger partial charge in [0.2, 0.25) is 5.95 Å². The number of carbonyl (C=O) groups is 1. The van der Waals surface area contributed by atoms with E-state index in [1.165, 1.54) is 11.3 Å². The van der Waals surface area contributed by atoms with Crippen molar-refractivity contribution in [1.29, 1.82) is 0 Å². The Balaban J connectivity index is 1.97. The molecule has 1 unspecified atom stereocenters. The summed E-state index contributed by atoms with van der Waals surface area (Å²) in [5.41, 5.74) is 3.27. The first-order valence-electron chi connectivity index (χ1n) is 11.0. The van der Waals surface area contributed by atoms with Crippen LogP contribution in [-0.2, 0) is 6.54 Å². The fraction of sp³-hybridized carbons (Fsp3) is 0.391. The quantitative estimate of drug-likeness (QED) is 0.307. The number of aliphatic hydroxyl groups is 1. The smallest absolute Gasteiger partial charge is 0.315 e. The summed E-state index contributed by atoms with van der Waals surface area (Å²) >= 11 is 1.52. The molecule has 9 nitrogen and oxygen atoms in total. The highest BCUT2D eigenvalue weighted by atomic mass is 32.1. The molecule has 1 aromatic carbocycles. The first-order valence-corrected chi connectivity index (χ1v) is 11.8. The molecule has 0 aliphatic rings. The molecule has 2 aromatic heterocycles. The molecule has 0 fully saturated rings. The summed E-state index contributed by atoms with van der Waals surface area (Å²) in [7, 11) is 0. The minimum absolute atomic E-state index is 0.218. The Labute approximate surface area is 198 Å². The number of benzene rings is 1. The zero-order chi connectivity index (χ0) is 23.8. The third kappa shape index (κ3) is 7.13. The Morgan fingerprint density at radius 1 is 1.12 bits per heavy atom. The lowest BCUT2D eigenvalue weighted by molar-refractivity contribution is 0.208. The maximum atomic E-state index is 11.9. The summed E-state index contributed by atoms with van der Waals surface area (Å²) < 4.78 is 0. The van der Waals surface area contributed by atoms with Crippen molar-refractivity contribution in [2.45, 2.75) is 46.4 Å². The highest BCUT2D eigenvalue weighted by Gasteiger charge is 2.14. The second-order valence-electron chi connectivity index (χ2n) is 7.89. The Bertz CT molecular complexity index is 1070. The average molecular weight is 470 g/mol. The number of rotatable bonds is 10. The van der Waals surface area contributed by atoms with Crippen molar-refractivity contribution in [3.8, 4) is 21.8 Å². The van der Waals surface area contributed by atoms with Crippen LogP contribution in [0.15, 0.2) is 36.5 Å². The molecule has 1 atom stereocenters. The van der Waals surface area contributed by atoms with E-state index in [0.717, 1.165) is 26.8 Å². The molecule has 0 spiro atoms. The standard InChI is InChI=1S/C23H31N7O2S/c1-5-24-22(32)26-12-16-8-6-7-9-17(16)18-10-19(30-21(29-18)25-11-15(4)31)20-13-27-23(33-20)28-14(2)3/h6-10,13-15,31H,5,11-12H2,1-4H3,(H,27,28)(H2,24,26,32)(H,25,29,30). The number of amides is 2. The van der Waals surface area contributed by atoms with Crippen molar-refractivity contribution < 1.29 is 9.90 Å². The highest BCUT2D eigenvalue weighted by Crippen LogP contribution is 2.32. The zero-order valence-electron chi connectivity index (χ0n) is 19.3. The summed E-state index contributed by atoms with van der Waals surface area (Å²) in [6, 6.07) is 9.78. The lowest BCUT2D eigenvalue weighted by Gasteiger charge is -2.14. The van der Waals surface area contributed by atoms with Crippen LogP contribution >= 0.6 is 11.3 Å². The molecule has 10 heteroatoms. The fourth-order valence-electron chi connectivity index (χ4n) is 3.06. The number of urea groups is 1. The zero-order valence-corrected chi connectivity index (χ0v) is 20.2. The SMILES string of the molecule is CCNC(=O)NCc1ccccc1-c1cc(-c2cnc(NC(C)C)s2)nc(NCC(C)O)n1. The van der Waals surface area contributed by atoms with Crippen LogP contribution in [0.2, 0.25) is 0 Å². The molecule has 0 saturated heterocycles. The second-order valence-corrected chi connectivity index (χ2v) is 8.92. The monoisotopic (exact) mass is 469 g/mol. The van der Waals surface area contributed by atoms with Gasteiger partial charge in [0.15, 0.2) is 5.13 Å². The number of aromatic nitrogens is 3. The Kier molecular flexibility index (Phi) is 8.56. The van der Waals surface area contributed by atoms with Gasteiger partial charge in [-0.1, -0.05) is 35.6 Å². The van der Waals surface area contributed by atoms with Gasteiger partial charge in [0.1, 0.15) is 0 Å². The Morgan fingerprint density at radius 2 is 1.88 bits per heavy atom. The van der Waals surface area contributed by atoms with Crippen molar-refractivity contribution in [2.75, 3.05) is 23.7 Å². The van der Waals surface area contributed by atoms with Gasteiger partial charge in [-0.3, -0.25) is 0 Å². The normalized spacial score (nSPS) is 11.8. The van der Waals surface area contributed by atoms with Crippen molar-refractivity contribution >= 4 is 28.4 Å². The second kappa shape index (κ2) is 11.6. The van der Waals surface area contributed by atoms with Crippen molar-refractivity contribution in [2.24, 2.45) is 0 Å². The van der Waals surface area contributed by atoms with Crippen LogP contribution in [0, 0.1) is 0 Å². The largest absolute Gasteiger partial charge is 0.392 e. The summed E-state index contributed by atoms with van der Waals surface area (Å²) in [6.45, 7) is 8.95. The molecular weight excluding hydrogens is 438 g/mol. The minimum atomic E-state index is -0.542. The summed E-state index contributed by atoms with van der Waals surface area (Å²) in [5, 5.41) is 22.6. The number of hydrogen-bond donors (Lipinski definition) is 5. The van der Waals surface area contributed by atoms with Crippen molar-refractivity contribution in [3.63, 3.8) is 0 Å². The number of nitrogens with zero attached hydrogens (tertiary/aromatic N) is 3. The topological polar surface area (TPSA) is 124 Å². The van der Waals surface area contributed by atoms with Gasteiger partial charge in [0, 0.05) is 37.4 Å². The third-order valence-electron chi connectivity index (χ3n) is 4.52. The van der Waals surface area contributed by atoms with E-state index in [4.69, 9.17) is 0 Å². The number of aliphatic hydroxyl groups excluding tert-OH is 1. The van der Waals surface area contributed by atoms with Crippen LogP contribution < -0.4 is 21.3 Å². The number of nitrogens with one attached hydrogen (secondary N) is 4. The Hall–Kier alpha value is -3.24. The molecule has 0 radical (unpaired) electrons. The van der Waals surface area contributed by atoms with E-state index in [1.54, 1.807) is 13.1 Å². The van der Waals surface area contributed by atoms with E-state index < -0.39 is 6.10 Å². The molecule has 3 rings (SSSR count). The molecule has 2 heterocycles. The molecule has 2 amide bonds. The van der Waals surface area contributed by atoms with Gasteiger partial charge in [-0.25, -0.2) is 19.7 Å². The summed E-state index contributed by atoms with van der Waals surface area (Å²) in [5.74, 6) is 0.418. The van der Waals surface area contributed by atoms with Gasteiger partial charge in [-0.15, -0.1) is 0 Å². The molecule has 0 saturated carbocycles. The maximum absolute atomic E-state index is 11.9. The van der Waals surface area contributed by atoms with Gasteiger partial charge >= 0.3 is 6.03 Å². The summed E-state index contributed by atoms with van der Waals surface area (Å²) in [4.78, 5) is 26.6. The molecule has 33 heavy (non-hydrogen) atoms. The maximum Gasteiger partial charge on any atom is 0.315 e. The van der Waals surface area contributed by atoms with Crippen LogP contribution in [0.25, 0.3) is 21.8 Å². The van der Waals surface area contributed by atoms with Gasteiger partial charge in [-0.05, 0) is 39.3 Å². The van der Waals surface area contributed by atoms with Gasteiger partial charge in [-0.2, -0.15) is 0 Å². The van der Waals surface area contributed by atoms with E-state index in [1.807, 2.05) is 37.3 Å². The molecule has 3 aromatic rings. The van der Waals surface area contributed by atoms with E-state index >= 15 is 0 Å². The lowest BCUT2D eigenvalue weighted by atomic mass is 10.0. The number of anilines is 2. The van der Waals surface area contributed by atoms with Crippen molar-refractivity contribution in [3.05, 3.63) is 42.1 Å². The predicted octanol–water partition coefficient (Wildman–Crippen LogP) is 3.70. The first kappa shape index (κ1) is 24.4. The van der Waals surface area contributed by atoms with E-state index in [9.17, 15) is 9.90 Å². The van der Waals surface area contributed by atoms with Crippen LogP contribution in [0.3, 0.4) is 0 Å². The summed E-state index contributed by atoms with van der Waals surface area (Å²) in [6.07, 6.45) is 1.25. The van der Waals surface area contributed by atoms with E-state index in [0.29, 0.717) is 31.3 Å². The van der Waals surface area contributed by atoms with E-state index in [2.05, 4.69) is 50.1 Å². The Morgan fingerprint density at radius 3 is 2.61 bits per heavy atom. The fourth-order valence-corrected chi connectivity index (χ4v) is 3.98. The van der Waals surface area contributed by atoms with Gasteiger partial charge in [0.25, 0.3) is 0 Å². The predicted molar refractivity (Wildman–Crippen MR) is 133 cm³/mol. The number of carbonyl (C=O) groups excluding carboxylic acids is 1. The van der Waals surface area contributed by atoms with Crippen LogP contribution in [-0.4, -0.2) is 51.3 Å². The highest BCUT2D eigenvalue weighted by molar-refractivity contribution is 7.18. The van der Waals surface area contributed by atoms with Crippen LogP contribution in [0.4, 0.5) is 15.9 Å². The number of hydrogen-bond acceptors (Lipinski definition) is 8. The van der Waals surface area contributed by atoms with Gasteiger partial charge < -0.3 is 26.4 Å². The molecule has 176 valence electrons. The molecular formula is C23H31N7O2S. The first-order chi connectivity index (χ1) is 15.9. The lowest BCUT2D eigenvalue weighted by Crippen LogP contribution is -2.34. The van der Waals surface area contributed by atoms with Crippen LogP contribution in [0.5, 0.6) is 0 Å². The van der Waals surface area contributed by atoms with Crippen molar-refractivity contribution in [1.82, 2.24) is 25.6 Å². The molecule has 0 aliphatic carbocycles.